The first kappa shape index (κ1) is 68.3. The van der Waals surface area contributed by atoms with Crippen molar-refractivity contribution in [2.45, 2.75) is 176 Å². The summed E-state index contributed by atoms with van der Waals surface area (Å²) in [7, 11) is 0. The summed E-state index contributed by atoms with van der Waals surface area (Å²) in [5.74, 6) is 0.187. The molecule has 70 heavy (non-hydrogen) atoms. The van der Waals surface area contributed by atoms with Gasteiger partial charge in [0, 0.05) is 18.5 Å². The number of hydrogen-bond acceptors (Lipinski definition) is 14. The molecule has 0 heterocycles. The van der Waals surface area contributed by atoms with Crippen molar-refractivity contribution in [3.05, 3.63) is 0 Å². The van der Waals surface area contributed by atoms with Gasteiger partial charge in [-0.2, -0.15) is 0 Å². The van der Waals surface area contributed by atoms with Gasteiger partial charge in [0.15, 0.2) is 0 Å². The highest BCUT2D eigenvalue weighted by atomic mass is 16.6. The van der Waals surface area contributed by atoms with Crippen molar-refractivity contribution in [3.63, 3.8) is 0 Å². The fourth-order valence-electron chi connectivity index (χ4n) is 7.29. The van der Waals surface area contributed by atoms with Gasteiger partial charge in [0.2, 0.25) is 5.91 Å². The van der Waals surface area contributed by atoms with Crippen molar-refractivity contribution in [1.29, 1.82) is 0 Å². The summed E-state index contributed by atoms with van der Waals surface area (Å²) < 4.78 is 66.2. The van der Waals surface area contributed by atoms with E-state index in [1.54, 1.807) is 0 Å². The number of amides is 2. The highest BCUT2D eigenvalue weighted by Crippen LogP contribution is 2.32. The van der Waals surface area contributed by atoms with Gasteiger partial charge in [-0.1, -0.05) is 136 Å². The first-order chi connectivity index (χ1) is 34.1. The van der Waals surface area contributed by atoms with Gasteiger partial charge in [-0.15, -0.1) is 0 Å². The van der Waals surface area contributed by atoms with E-state index in [0.29, 0.717) is 158 Å². The fourth-order valence-corrected chi connectivity index (χ4v) is 7.29. The Kier molecular flexibility index (Phi) is 52.3. The van der Waals surface area contributed by atoms with Crippen molar-refractivity contribution in [1.82, 2.24) is 10.6 Å². The van der Waals surface area contributed by atoms with Gasteiger partial charge in [0.05, 0.1) is 145 Å². The van der Waals surface area contributed by atoms with Crippen LogP contribution >= 0.6 is 0 Å². The molecule has 0 spiro atoms. The molecule has 0 unspecified atom stereocenters. The van der Waals surface area contributed by atoms with Crippen molar-refractivity contribution in [2.24, 2.45) is 5.41 Å². The molecule has 0 aliphatic heterocycles. The van der Waals surface area contributed by atoms with Gasteiger partial charge in [-0.25, -0.2) is 4.79 Å². The zero-order valence-electron chi connectivity index (χ0n) is 45.8. The molecule has 0 rings (SSSR count). The third-order valence-electron chi connectivity index (χ3n) is 11.4. The maximum atomic E-state index is 13.5. The highest BCUT2D eigenvalue weighted by Gasteiger charge is 2.31. The minimum absolute atomic E-state index is 0.187. The van der Waals surface area contributed by atoms with Crippen LogP contribution in [0.4, 0.5) is 4.79 Å². The maximum Gasteiger partial charge on any atom is 0.407 e. The van der Waals surface area contributed by atoms with Crippen LogP contribution in [0.15, 0.2) is 0 Å². The van der Waals surface area contributed by atoms with Crippen molar-refractivity contribution in [3.8, 4) is 0 Å². The standard InChI is InChI=1S/C54H108N2O14/c1-7-9-11-13-15-17-19-21-23-25-54(6,26-24-22-20-18-16-14-12-10-8-2)51(57)55-27-29-59-31-33-61-35-37-63-39-41-65-43-45-67-47-49-69-50-48-68-46-44-66-42-40-64-38-36-62-34-32-60-30-28-56-52(58)70-53(3,4)5/h7-50H2,1-6H3,(H,55,57)(H,56,58). The predicted molar refractivity (Wildman–Crippen MR) is 278 cm³/mol. The first-order valence-corrected chi connectivity index (χ1v) is 27.7. The van der Waals surface area contributed by atoms with E-state index >= 15 is 0 Å². The van der Waals surface area contributed by atoms with Gasteiger partial charge in [0.1, 0.15) is 5.60 Å². The molecule has 2 amide bonds. The number of carbonyl (C=O) groups is 2. The molecule has 0 aliphatic carbocycles. The Morgan fingerprint density at radius 2 is 0.543 bits per heavy atom. The molecule has 0 aromatic heterocycles. The van der Waals surface area contributed by atoms with E-state index < -0.39 is 11.7 Å². The second kappa shape index (κ2) is 53.6. The van der Waals surface area contributed by atoms with Crippen LogP contribution in [0.1, 0.15) is 170 Å². The van der Waals surface area contributed by atoms with Crippen LogP contribution in [0.25, 0.3) is 0 Å². The van der Waals surface area contributed by atoms with Crippen molar-refractivity contribution in [2.75, 3.05) is 158 Å². The summed E-state index contributed by atoms with van der Waals surface area (Å²) >= 11 is 0. The molecule has 0 aliphatic rings. The molecule has 0 radical (unpaired) electrons. The van der Waals surface area contributed by atoms with Crippen LogP contribution in [-0.2, 0) is 61.6 Å². The van der Waals surface area contributed by atoms with E-state index in [0.717, 1.165) is 25.7 Å². The third-order valence-corrected chi connectivity index (χ3v) is 11.4. The predicted octanol–water partition coefficient (Wildman–Crippen LogP) is 9.66. The average molecular weight is 1010 g/mol. The van der Waals surface area contributed by atoms with Crippen molar-refractivity contribution < 1.29 is 66.4 Å². The summed E-state index contributed by atoms with van der Waals surface area (Å²) in [6.07, 6.45) is 24.9. The van der Waals surface area contributed by atoms with Crippen LogP contribution in [0, 0.1) is 5.41 Å². The quantitative estimate of drug-likeness (QED) is 0.0553. The smallest absolute Gasteiger partial charge is 0.407 e. The Labute approximate surface area is 427 Å². The Hall–Kier alpha value is -1.70. The average Bonchev–Trinajstić information content (AvgIpc) is 3.33. The monoisotopic (exact) mass is 1010 g/mol. The zero-order chi connectivity index (χ0) is 51.2. The Morgan fingerprint density at radius 1 is 0.314 bits per heavy atom. The SMILES string of the molecule is CCCCCCCCCCCC(C)(CCCCCCCCCCC)C(=O)NCCOCCOCCOCCOCCOCCOCCOCCOCCOCCOCCOCCNC(=O)OC(C)(C)C. The summed E-state index contributed by atoms with van der Waals surface area (Å²) in [5.41, 5.74) is -0.822. The second-order valence-electron chi connectivity index (χ2n) is 19.1. The van der Waals surface area contributed by atoms with E-state index in [1.165, 1.54) is 103 Å². The van der Waals surface area contributed by atoms with Crippen LogP contribution in [0.2, 0.25) is 0 Å². The minimum atomic E-state index is -0.516. The second-order valence-corrected chi connectivity index (χ2v) is 19.1. The van der Waals surface area contributed by atoms with Gasteiger partial charge in [-0.05, 0) is 33.6 Å². The van der Waals surface area contributed by atoms with Gasteiger partial charge in [0.25, 0.3) is 0 Å². The van der Waals surface area contributed by atoms with E-state index in [9.17, 15) is 9.59 Å². The van der Waals surface area contributed by atoms with Gasteiger partial charge >= 0.3 is 6.09 Å². The first-order valence-electron chi connectivity index (χ1n) is 27.7. The molecular weight excluding hydrogens is 901 g/mol. The number of nitrogens with one attached hydrogen (secondary N) is 2. The number of carbonyl (C=O) groups excluding carboxylic acids is 2. The minimum Gasteiger partial charge on any atom is -0.444 e. The van der Waals surface area contributed by atoms with Crippen LogP contribution < -0.4 is 10.6 Å². The Balaban J connectivity index is 3.59. The molecular formula is C54H108N2O14. The lowest BCUT2D eigenvalue weighted by Gasteiger charge is -2.29. The maximum absolute atomic E-state index is 13.5. The molecule has 2 N–H and O–H groups in total. The van der Waals surface area contributed by atoms with E-state index in [2.05, 4.69) is 31.4 Å². The van der Waals surface area contributed by atoms with Crippen LogP contribution in [0.5, 0.6) is 0 Å². The lowest BCUT2D eigenvalue weighted by Crippen LogP contribution is -2.40. The Morgan fingerprint density at radius 3 is 0.800 bits per heavy atom. The lowest BCUT2D eigenvalue weighted by atomic mass is 9.78. The Bertz CT molecular complexity index is 1060. The zero-order valence-corrected chi connectivity index (χ0v) is 45.8. The fraction of sp³-hybridized carbons (Fsp3) is 0.963. The summed E-state index contributed by atoms with van der Waals surface area (Å²) in [5, 5.41) is 5.83. The summed E-state index contributed by atoms with van der Waals surface area (Å²) in [4.78, 5) is 25.0. The summed E-state index contributed by atoms with van der Waals surface area (Å²) in [6, 6.07) is 0. The number of alkyl carbamates (subject to hydrolysis) is 1. The summed E-state index contributed by atoms with van der Waals surface area (Å²) in [6.45, 7) is 23.6. The van der Waals surface area contributed by atoms with E-state index in [4.69, 9.17) is 56.8 Å². The molecule has 418 valence electrons. The number of unbranched alkanes of at least 4 members (excludes halogenated alkanes) is 16. The normalized spacial score (nSPS) is 12.0. The van der Waals surface area contributed by atoms with E-state index in [1.807, 2.05) is 20.8 Å². The largest absolute Gasteiger partial charge is 0.444 e. The molecule has 0 bridgehead atoms. The number of rotatable bonds is 57. The topological polar surface area (TPSA) is 169 Å². The molecule has 0 atom stereocenters. The molecule has 0 aromatic carbocycles. The molecule has 16 heteroatoms. The van der Waals surface area contributed by atoms with Gasteiger partial charge < -0.3 is 67.5 Å². The molecule has 0 saturated heterocycles. The highest BCUT2D eigenvalue weighted by molar-refractivity contribution is 5.82. The molecule has 0 saturated carbocycles. The van der Waals surface area contributed by atoms with Gasteiger partial charge in [-0.3, -0.25) is 4.79 Å². The lowest BCUT2D eigenvalue weighted by molar-refractivity contribution is -0.131. The molecule has 0 aromatic rings. The van der Waals surface area contributed by atoms with E-state index in [-0.39, 0.29) is 11.3 Å². The number of hydrogen-bond donors (Lipinski definition) is 2. The number of ether oxygens (including phenoxy) is 12. The molecule has 16 nitrogen and oxygen atoms in total. The third kappa shape index (κ3) is 52.6. The van der Waals surface area contributed by atoms with Crippen LogP contribution in [-0.4, -0.2) is 176 Å². The molecule has 0 fully saturated rings. The van der Waals surface area contributed by atoms with Crippen molar-refractivity contribution >= 4 is 12.0 Å². The van der Waals surface area contributed by atoms with Crippen LogP contribution in [0.3, 0.4) is 0 Å².